The number of carboxylic acid groups (broad SMARTS) is 1. The Labute approximate surface area is 330 Å². The van der Waals surface area contributed by atoms with E-state index in [0.717, 1.165) is 24.3 Å². The highest BCUT2D eigenvalue weighted by Crippen LogP contribution is 2.43. The van der Waals surface area contributed by atoms with Gasteiger partial charge in [-0.05, 0) is 24.6 Å². The van der Waals surface area contributed by atoms with Crippen molar-refractivity contribution >= 4 is 64.9 Å². The van der Waals surface area contributed by atoms with Crippen molar-refractivity contribution < 1.29 is 53.4 Å². The fourth-order valence-electron chi connectivity index (χ4n) is 8.42. The standard InChI is InChI=1S/C37H40ClN7O10S/c1-2-41-12-13-43(34(52)33(41)51)37(55)40-26(20-7-4-3-5-8-20)30(48)39-27-32(50)44-28(36(53)54)21(19-56-35(27)44)18-45-15-6-9-22(45)17-42(14-16-45)31(49)23-10-11-24(46)29(47)25(23)38/h3-5,7-8,10-11,22,26-27,35H,2,6,9,12-19H2,1H3,(H4-,39,40,46,47,48,49,51,52,53,54,55)/p+1/t22?,26-,27+,35+,45?/m0/s1. The molecule has 5 N–H and O–H groups in total. The van der Waals surface area contributed by atoms with Crippen molar-refractivity contribution in [1.82, 2.24) is 30.2 Å². The van der Waals surface area contributed by atoms with E-state index in [2.05, 4.69) is 10.6 Å². The lowest BCUT2D eigenvalue weighted by Gasteiger charge is -2.51. The van der Waals surface area contributed by atoms with Gasteiger partial charge in [0.05, 0.1) is 36.8 Å². The fraction of sp³-hybridized carbons (Fsp3) is 0.432. The number of carbonyl (C=O) groups is 7. The topological polar surface area (TPSA) is 217 Å². The van der Waals surface area contributed by atoms with E-state index in [0.29, 0.717) is 48.3 Å². The number of amides is 7. The average Bonchev–Trinajstić information content (AvgIpc) is 3.61. The van der Waals surface area contributed by atoms with Gasteiger partial charge in [0, 0.05) is 43.8 Å². The first-order valence-corrected chi connectivity index (χ1v) is 19.7. The Hall–Kier alpha value is -5.33. The van der Waals surface area contributed by atoms with E-state index >= 15 is 0 Å². The third-order valence-corrected chi connectivity index (χ3v) is 13.1. The minimum atomic E-state index is -1.35. The van der Waals surface area contributed by atoms with E-state index in [4.69, 9.17) is 11.6 Å². The predicted octanol–water partition coefficient (Wildman–Crippen LogP) is 1.07. The molecule has 2 aromatic rings. The van der Waals surface area contributed by atoms with Gasteiger partial charge in [-0.15, -0.1) is 11.8 Å². The summed E-state index contributed by atoms with van der Waals surface area (Å²) in [7, 11) is 0. The Balaban J connectivity index is 1.05. The van der Waals surface area contributed by atoms with Gasteiger partial charge in [-0.1, -0.05) is 41.9 Å². The van der Waals surface area contributed by atoms with Crippen molar-refractivity contribution in [3.63, 3.8) is 0 Å². The summed E-state index contributed by atoms with van der Waals surface area (Å²) in [4.78, 5) is 97.2. The van der Waals surface area contributed by atoms with Crippen molar-refractivity contribution in [2.45, 2.75) is 43.3 Å². The number of rotatable bonds is 9. The number of carbonyl (C=O) groups excluding carboxylic acids is 6. The van der Waals surface area contributed by atoms with Crippen LogP contribution in [0, 0.1) is 0 Å². The van der Waals surface area contributed by atoms with E-state index in [1.807, 2.05) is 0 Å². The molecule has 19 heteroatoms. The lowest BCUT2D eigenvalue weighted by atomic mass is 9.99. The van der Waals surface area contributed by atoms with Crippen LogP contribution in [0.2, 0.25) is 5.02 Å². The van der Waals surface area contributed by atoms with Crippen molar-refractivity contribution in [1.29, 1.82) is 0 Å². The van der Waals surface area contributed by atoms with Crippen LogP contribution in [0.25, 0.3) is 0 Å². The van der Waals surface area contributed by atoms with Crippen LogP contribution in [0.4, 0.5) is 4.79 Å². The maximum Gasteiger partial charge on any atom is 0.352 e. The molecule has 5 heterocycles. The summed E-state index contributed by atoms with van der Waals surface area (Å²) in [5.74, 6) is -5.61. The first-order chi connectivity index (χ1) is 26.8. The Morgan fingerprint density at radius 3 is 2.46 bits per heavy atom. The van der Waals surface area contributed by atoms with E-state index < -0.39 is 64.6 Å². The zero-order valence-electron chi connectivity index (χ0n) is 30.4. The largest absolute Gasteiger partial charge is 0.504 e. The third-order valence-electron chi connectivity index (χ3n) is 11.4. The molecule has 56 heavy (non-hydrogen) atoms. The molecule has 0 radical (unpaired) electrons. The fourth-order valence-corrected chi connectivity index (χ4v) is 10.00. The molecule has 0 spiro atoms. The number of carboxylic acids is 1. The summed E-state index contributed by atoms with van der Waals surface area (Å²) in [5, 5.41) is 34.6. The molecule has 4 fully saturated rings. The van der Waals surface area contributed by atoms with Gasteiger partial charge in [-0.25, -0.2) is 9.59 Å². The summed E-state index contributed by atoms with van der Waals surface area (Å²) in [6, 6.07) is 7.37. The molecule has 5 aliphatic rings. The SMILES string of the molecule is CCN1CCN(C(=O)N[C@H](C(=O)N[C@@H]2C(=O)N3C(C(=O)O)=C(C[N+]45CCCC4CN(C(=O)c4ccc(O)c(O)c4Cl)CC5)CS[C@H]23)c2ccccc2)C(=O)C1=O. The number of hydrogen-bond acceptors (Lipinski definition) is 10. The first kappa shape index (κ1) is 38.9. The second kappa shape index (κ2) is 15.3. The van der Waals surface area contributed by atoms with Crippen molar-refractivity contribution in [2.24, 2.45) is 0 Å². The number of hydrogen-bond donors (Lipinski definition) is 5. The zero-order chi connectivity index (χ0) is 40.1. The molecule has 5 atom stereocenters. The molecule has 0 saturated carbocycles. The Bertz CT molecular complexity index is 2050. The second-order valence-electron chi connectivity index (χ2n) is 14.5. The molecule has 17 nitrogen and oxygen atoms in total. The number of phenolic OH excluding ortho intramolecular Hbond substituents is 2. The summed E-state index contributed by atoms with van der Waals surface area (Å²) < 4.78 is 0.540. The number of phenols is 2. The van der Waals surface area contributed by atoms with Crippen LogP contribution in [0.1, 0.15) is 41.7 Å². The lowest BCUT2D eigenvalue weighted by Crippen LogP contribution is -2.71. The number of nitrogens with one attached hydrogen (secondary N) is 2. The van der Waals surface area contributed by atoms with E-state index in [1.54, 1.807) is 42.2 Å². The number of quaternary nitrogens is 1. The highest BCUT2D eigenvalue weighted by atomic mass is 35.5. The summed E-state index contributed by atoms with van der Waals surface area (Å²) in [6.07, 6.45) is 1.65. The molecule has 0 aliphatic carbocycles. The Morgan fingerprint density at radius 2 is 1.75 bits per heavy atom. The number of benzene rings is 2. The molecule has 2 unspecified atom stereocenters. The van der Waals surface area contributed by atoms with Crippen LogP contribution in [0.15, 0.2) is 53.7 Å². The Morgan fingerprint density at radius 1 is 1.00 bits per heavy atom. The Kier molecular flexibility index (Phi) is 10.6. The number of urea groups is 1. The number of fused-ring (bicyclic) bond motifs is 2. The van der Waals surface area contributed by atoms with Gasteiger partial charge < -0.3 is 40.2 Å². The maximum atomic E-state index is 13.8. The van der Waals surface area contributed by atoms with Crippen LogP contribution in [-0.2, 0) is 24.0 Å². The first-order valence-electron chi connectivity index (χ1n) is 18.3. The van der Waals surface area contributed by atoms with Crippen molar-refractivity contribution in [3.8, 4) is 11.5 Å². The number of likely N-dealkylation sites (N-methyl/N-ethyl adjacent to an activating group) is 1. The van der Waals surface area contributed by atoms with Crippen LogP contribution in [-0.4, -0.2) is 157 Å². The number of thioether (sulfide) groups is 1. The smallest absolute Gasteiger partial charge is 0.352 e. The number of aromatic hydroxyl groups is 2. The van der Waals surface area contributed by atoms with Gasteiger partial charge >= 0.3 is 23.8 Å². The summed E-state index contributed by atoms with van der Waals surface area (Å²) in [6.45, 7) is 4.44. The number of halogens is 1. The number of nitrogens with zero attached hydrogens (tertiary/aromatic N) is 5. The normalized spacial score (nSPS) is 25.3. The van der Waals surface area contributed by atoms with E-state index in [1.165, 1.54) is 33.7 Å². The minimum Gasteiger partial charge on any atom is -0.504 e. The van der Waals surface area contributed by atoms with Crippen LogP contribution in [0.3, 0.4) is 0 Å². The number of β-lactam (4-membered cyclic amide) rings is 1. The molecule has 5 aliphatic heterocycles. The van der Waals surface area contributed by atoms with Gasteiger partial charge in [0.1, 0.15) is 35.7 Å². The van der Waals surface area contributed by atoms with Crippen LogP contribution >= 0.6 is 23.4 Å². The minimum absolute atomic E-state index is 0.0179. The molecule has 2 aromatic carbocycles. The summed E-state index contributed by atoms with van der Waals surface area (Å²) >= 11 is 7.52. The highest BCUT2D eigenvalue weighted by molar-refractivity contribution is 8.00. The molecule has 7 rings (SSSR count). The molecule has 0 aromatic heterocycles. The zero-order valence-corrected chi connectivity index (χ0v) is 31.9. The molecule has 0 bridgehead atoms. The van der Waals surface area contributed by atoms with Gasteiger partial charge in [0.15, 0.2) is 11.5 Å². The monoisotopic (exact) mass is 810 g/mol. The quantitative estimate of drug-likeness (QED) is 0.105. The van der Waals surface area contributed by atoms with Gasteiger partial charge in [0.2, 0.25) is 5.91 Å². The number of imide groups is 1. The average molecular weight is 811 g/mol. The molecule has 7 amide bonds. The summed E-state index contributed by atoms with van der Waals surface area (Å²) in [5.41, 5.74) is 0.873. The lowest BCUT2D eigenvalue weighted by molar-refractivity contribution is -0.938. The number of aliphatic carboxylic acids is 1. The highest BCUT2D eigenvalue weighted by Gasteiger charge is 2.56. The van der Waals surface area contributed by atoms with Crippen molar-refractivity contribution in [2.75, 3.05) is 58.1 Å². The van der Waals surface area contributed by atoms with Crippen LogP contribution < -0.4 is 10.6 Å². The number of piperazine rings is 2. The van der Waals surface area contributed by atoms with E-state index in [-0.39, 0.29) is 47.1 Å². The molecular formula is C37H41ClN7O10S+. The van der Waals surface area contributed by atoms with Gasteiger partial charge in [-0.2, -0.15) is 0 Å². The maximum absolute atomic E-state index is 13.8. The predicted molar refractivity (Wildman–Crippen MR) is 200 cm³/mol. The second-order valence-corrected chi connectivity index (χ2v) is 15.9. The third kappa shape index (κ3) is 6.79. The molecule has 4 saturated heterocycles. The van der Waals surface area contributed by atoms with Gasteiger partial charge in [0.25, 0.3) is 11.8 Å². The van der Waals surface area contributed by atoms with Crippen molar-refractivity contribution in [3.05, 3.63) is 69.9 Å². The molecule has 296 valence electrons. The van der Waals surface area contributed by atoms with Crippen LogP contribution in [0.5, 0.6) is 11.5 Å². The molecular weight excluding hydrogens is 770 g/mol. The van der Waals surface area contributed by atoms with Gasteiger partial charge in [-0.3, -0.25) is 33.8 Å². The van der Waals surface area contributed by atoms with E-state index in [9.17, 15) is 48.9 Å².